The number of carbonyl (C=O) groups excluding carboxylic acids is 1. The van der Waals surface area contributed by atoms with Crippen LogP contribution >= 0.6 is 11.6 Å². The van der Waals surface area contributed by atoms with Crippen molar-refractivity contribution in [3.8, 4) is 11.5 Å². The predicted molar refractivity (Wildman–Crippen MR) is 119 cm³/mol. The van der Waals surface area contributed by atoms with Gasteiger partial charge in [0.2, 0.25) is 27.7 Å². The molecule has 1 aromatic heterocycles. The number of halogens is 1. The van der Waals surface area contributed by atoms with E-state index in [4.69, 9.17) is 16.0 Å². The first-order valence-electron chi connectivity index (χ1n) is 10.4. The van der Waals surface area contributed by atoms with Gasteiger partial charge in [-0.25, -0.2) is 8.42 Å². The van der Waals surface area contributed by atoms with E-state index < -0.39 is 10.0 Å². The van der Waals surface area contributed by atoms with Crippen molar-refractivity contribution in [2.45, 2.75) is 43.2 Å². The van der Waals surface area contributed by atoms with Gasteiger partial charge in [-0.15, -0.1) is 10.2 Å². The van der Waals surface area contributed by atoms with E-state index in [0.717, 1.165) is 19.3 Å². The van der Waals surface area contributed by atoms with Gasteiger partial charge < -0.3 is 9.32 Å². The second kappa shape index (κ2) is 8.31. The maximum absolute atomic E-state index is 13.4. The number of hydrogen-bond acceptors (Lipinski definition) is 6. The Morgan fingerprint density at radius 3 is 2.50 bits per heavy atom. The van der Waals surface area contributed by atoms with E-state index in [1.165, 1.54) is 4.31 Å². The number of rotatable bonds is 7. The van der Waals surface area contributed by atoms with E-state index in [-0.39, 0.29) is 35.2 Å². The molecule has 0 bridgehead atoms. The number of nitrogens with zero attached hydrogens (tertiary/aromatic N) is 4. The van der Waals surface area contributed by atoms with Crippen molar-refractivity contribution in [3.05, 3.63) is 59.4 Å². The lowest BCUT2D eigenvalue weighted by Crippen LogP contribution is -2.33. The van der Waals surface area contributed by atoms with Crippen molar-refractivity contribution >= 4 is 33.2 Å². The van der Waals surface area contributed by atoms with Gasteiger partial charge in [0.05, 0.1) is 22.0 Å². The molecule has 1 aliphatic carbocycles. The Morgan fingerprint density at radius 2 is 1.84 bits per heavy atom. The third-order valence-corrected chi connectivity index (χ3v) is 7.89. The number of benzene rings is 2. The van der Waals surface area contributed by atoms with Crippen molar-refractivity contribution in [2.75, 3.05) is 11.4 Å². The summed E-state index contributed by atoms with van der Waals surface area (Å²) in [5.74, 6) is 0.513. The van der Waals surface area contributed by atoms with E-state index in [9.17, 15) is 13.2 Å². The fourth-order valence-electron chi connectivity index (χ4n) is 3.82. The van der Waals surface area contributed by atoms with Crippen LogP contribution in [-0.2, 0) is 21.4 Å². The topological polar surface area (TPSA) is 96.6 Å². The summed E-state index contributed by atoms with van der Waals surface area (Å²) in [6.07, 6.45) is 2.90. The van der Waals surface area contributed by atoms with E-state index >= 15 is 0 Å². The second-order valence-corrected chi connectivity index (χ2v) is 10.2. The van der Waals surface area contributed by atoms with Crippen LogP contribution in [-0.4, -0.2) is 41.4 Å². The number of anilines is 1. The summed E-state index contributed by atoms with van der Waals surface area (Å²) in [5.41, 5.74) is 1.31. The van der Waals surface area contributed by atoms with Crippen LogP contribution in [0.4, 0.5) is 5.69 Å². The highest BCUT2D eigenvalue weighted by Gasteiger charge is 2.39. The van der Waals surface area contributed by atoms with Crippen LogP contribution in [0.25, 0.3) is 11.5 Å². The summed E-state index contributed by atoms with van der Waals surface area (Å²) < 4.78 is 33.9. The molecule has 0 spiro atoms. The van der Waals surface area contributed by atoms with Crippen LogP contribution in [0.5, 0.6) is 0 Å². The molecule has 3 aromatic rings. The lowest BCUT2D eigenvalue weighted by molar-refractivity contribution is -0.117. The van der Waals surface area contributed by atoms with Gasteiger partial charge in [0.15, 0.2) is 0 Å². The minimum atomic E-state index is -3.78. The molecule has 2 heterocycles. The first-order valence-corrected chi connectivity index (χ1v) is 12.2. The van der Waals surface area contributed by atoms with Crippen molar-refractivity contribution < 1.29 is 17.6 Å². The Balaban J connectivity index is 1.38. The van der Waals surface area contributed by atoms with Gasteiger partial charge in [-0.3, -0.25) is 4.79 Å². The summed E-state index contributed by atoms with van der Waals surface area (Å²) in [6.45, 7) is 0.640. The molecule has 1 saturated heterocycles. The number of amides is 1. The lowest BCUT2D eigenvalue weighted by atomic mass is 10.2. The summed E-state index contributed by atoms with van der Waals surface area (Å²) in [6, 6.07) is 13.5. The molecule has 1 saturated carbocycles. The SMILES string of the molecule is O=C1CCCN1c1ccc(S(=O)(=O)N(Cc2nnc(-c3ccccc3Cl)o2)C2CC2)cc1. The monoisotopic (exact) mass is 472 g/mol. The number of sulfonamides is 1. The normalized spacial score (nSPS) is 16.8. The predicted octanol–water partition coefficient (Wildman–Crippen LogP) is 3.87. The minimum Gasteiger partial charge on any atom is -0.419 e. The van der Waals surface area contributed by atoms with Crippen LogP contribution < -0.4 is 4.90 Å². The van der Waals surface area contributed by atoms with Gasteiger partial charge in [-0.1, -0.05) is 23.7 Å². The van der Waals surface area contributed by atoms with Gasteiger partial charge in [-0.05, 0) is 55.7 Å². The molecule has 166 valence electrons. The molecule has 0 atom stereocenters. The molecule has 1 amide bonds. The molecule has 2 aromatic carbocycles. The highest BCUT2D eigenvalue weighted by atomic mass is 35.5. The Bertz CT molecular complexity index is 1250. The summed E-state index contributed by atoms with van der Waals surface area (Å²) >= 11 is 6.20. The molecule has 0 N–H and O–H groups in total. The van der Waals surface area contributed by atoms with Gasteiger partial charge in [-0.2, -0.15) is 4.31 Å². The fraction of sp³-hybridized carbons (Fsp3) is 0.318. The molecule has 10 heteroatoms. The van der Waals surface area contributed by atoms with Crippen LogP contribution in [0.2, 0.25) is 5.02 Å². The highest BCUT2D eigenvalue weighted by Crippen LogP contribution is 2.35. The molecule has 0 radical (unpaired) electrons. The molecule has 8 nitrogen and oxygen atoms in total. The number of carbonyl (C=O) groups is 1. The highest BCUT2D eigenvalue weighted by molar-refractivity contribution is 7.89. The molecule has 2 aliphatic rings. The standard InChI is InChI=1S/C22H21ClN4O4S/c23-19-5-2-1-4-18(19)22-25-24-20(31-22)14-27(16-7-8-16)32(29,30)17-11-9-15(10-12-17)26-13-3-6-21(26)28/h1-2,4-5,9-12,16H,3,6-8,13-14H2. The van der Waals surface area contributed by atoms with Gasteiger partial charge in [0.25, 0.3) is 0 Å². The molecular formula is C22H21ClN4O4S. The number of hydrogen-bond donors (Lipinski definition) is 0. The third kappa shape index (κ3) is 4.03. The molecule has 32 heavy (non-hydrogen) atoms. The molecular weight excluding hydrogens is 452 g/mol. The van der Waals surface area contributed by atoms with Crippen molar-refractivity contribution in [1.82, 2.24) is 14.5 Å². The summed E-state index contributed by atoms with van der Waals surface area (Å²) in [4.78, 5) is 13.8. The number of aromatic nitrogens is 2. The van der Waals surface area contributed by atoms with Crippen LogP contribution in [0.3, 0.4) is 0 Å². The zero-order chi connectivity index (χ0) is 22.3. The molecule has 2 fully saturated rings. The van der Waals surface area contributed by atoms with Crippen molar-refractivity contribution in [1.29, 1.82) is 0 Å². The Kier molecular flexibility index (Phi) is 5.48. The van der Waals surface area contributed by atoms with E-state index in [0.29, 0.717) is 29.2 Å². The van der Waals surface area contributed by atoms with Gasteiger partial charge in [0, 0.05) is 24.7 Å². The van der Waals surface area contributed by atoms with E-state index in [1.54, 1.807) is 47.4 Å². The van der Waals surface area contributed by atoms with E-state index in [2.05, 4.69) is 10.2 Å². The van der Waals surface area contributed by atoms with Crippen molar-refractivity contribution in [3.63, 3.8) is 0 Å². The Labute approximate surface area is 190 Å². The van der Waals surface area contributed by atoms with E-state index in [1.807, 2.05) is 6.07 Å². The molecule has 0 unspecified atom stereocenters. The minimum absolute atomic E-state index is 0.0170. The first-order chi connectivity index (χ1) is 15.4. The summed E-state index contributed by atoms with van der Waals surface area (Å²) in [5, 5.41) is 8.56. The maximum atomic E-state index is 13.4. The third-order valence-electron chi connectivity index (χ3n) is 5.64. The van der Waals surface area contributed by atoms with Crippen LogP contribution in [0, 0.1) is 0 Å². The average Bonchev–Trinajstić information content (AvgIpc) is 3.36. The zero-order valence-electron chi connectivity index (χ0n) is 17.1. The van der Waals surface area contributed by atoms with Gasteiger partial charge in [0.1, 0.15) is 0 Å². The van der Waals surface area contributed by atoms with Crippen LogP contribution in [0.1, 0.15) is 31.6 Å². The average molecular weight is 473 g/mol. The summed E-state index contributed by atoms with van der Waals surface area (Å²) in [7, 11) is -3.78. The lowest BCUT2D eigenvalue weighted by Gasteiger charge is -2.21. The van der Waals surface area contributed by atoms with Crippen molar-refractivity contribution in [2.24, 2.45) is 0 Å². The molecule has 5 rings (SSSR count). The van der Waals surface area contributed by atoms with Crippen LogP contribution in [0.15, 0.2) is 57.8 Å². The smallest absolute Gasteiger partial charge is 0.249 e. The Morgan fingerprint density at radius 1 is 1.09 bits per heavy atom. The largest absolute Gasteiger partial charge is 0.419 e. The Hall–Kier alpha value is -2.75. The first kappa shape index (κ1) is 21.1. The molecule has 1 aliphatic heterocycles. The quantitative estimate of drug-likeness (QED) is 0.517. The second-order valence-electron chi connectivity index (χ2n) is 7.91. The fourth-order valence-corrected chi connectivity index (χ4v) is 5.67. The van der Waals surface area contributed by atoms with Gasteiger partial charge >= 0.3 is 0 Å². The zero-order valence-corrected chi connectivity index (χ0v) is 18.7. The maximum Gasteiger partial charge on any atom is 0.249 e.